The van der Waals surface area contributed by atoms with Gasteiger partial charge in [-0.2, -0.15) is 13.2 Å². The third-order valence-corrected chi connectivity index (χ3v) is 3.89. The second-order valence-corrected chi connectivity index (χ2v) is 5.65. The van der Waals surface area contributed by atoms with Crippen molar-refractivity contribution in [2.75, 3.05) is 0 Å². The van der Waals surface area contributed by atoms with Crippen LogP contribution in [-0.4, -0.2) is 34.7 Å². The zero-order chi connectivity index (χ0) is 16.8. The first-order valence-electron chi connectivity index (χ1n) is 7.11. The van der Waals surface area contributed by atoms with Crippen LogP contribution < -0.4 is 5.32 Å². The Morgan fingerprint density at radius 1 is 1.22 bits per heavy atom. The Morgan fingerprint density at radius 3 is 2.43 bits per heavy atom. The first-order valence-corrected chi connectivity index (χ1v) is 7.11. The summed E-state index contributed by atoms with van der Waals surface area (Å²) in [6.45, 7) is 0. The van der Waals surface area contributed by atoms with Crippen LogP contribution in [0.25, 0.3) is 0 Å². The first-order chi connectivity index (χ1) is 10.8. The maximum absolute atomic E-state index is 12.8. The monoisotopic (exact) mass is 326 g/mol. The summed E-state index contributed by atoms with van der Waals surface area (Å²) in [6, 6.07) is 2.93. The quantitative estimate of drug-likeness (QED) is 0.860. The van der Waals surface area contributed by atoms with Gasteiger partial charge in [0.25, 0.3) is 5.91 Å². The average Bonchev–Trinajstić information content (AvgIpc) is 3.24. The number of nitrogens with zero attached hydrogens (tertiary/aromatic N) is 1. The van der Waals surface area contributed by atoms with Crippen molar-refractivity contribution in [2.24, 2.45) is 0 Å². The zero-order valence-electron chi connectivity index (χ0n) is 11.9. The van der Waals surface area contributed by atoms with E-state index in [4.69, 9.17) is 0 Å². The fourth-order valence-electron chi connectivity index (χ4n) is 2.66. The van der Waals surface area contributed by atoms with Crippen LogP contribution in [0.5, 0.6) is 0 Å². The van der Waals surface area contributed by atoms with Crippen molar-refractivity contribution in [2.45, 2.75) is 37.5 Å². The van der Waals surface area contributed by atoms with Crippen LogP contribution in [0.3, 0.4) is 0 Å². The molecule has 1 saturated carbocycles. The molecule has 3 rings (SSSR count). The predicted octanol–water partition coefficient (Wildman–Crippen LogP) is 1.73. The molecule has 0 bridgehead atoms. The van der Waals surface area contributed by atoms with Crippen LogP contribution in [0, 0.1) is 0 Å². The predicted molar refractivity (Wildman–Crippen MR) is 72.2 cm³/mol. The summed E-state index contributed by atoms with van der Waals surface area (Å²) >= 11 is 0. The molecular formula is C15H13F3N2O3. The lowest BCUT2D eigenvalue weighted by Crippen LogP contribution is -2.46. The van der Waals surface area contributed by atoms with Crippen LogP contribution in [0.2, 0.25) is 0 Å². The number of benzene rings is 1. The fourth-order valence-corrected chi connectivity index (χ4v) is 2.66. The minimum atomic E-state index is -4.55. The third kappa shape index (κ3) is 3.06. The zero-order valence-corrected chi connectivity index (χ0v) is 11.9. The number of rotatable bonds is 3. The largest absolute Gasteiger partial charge is 0.416 e. The van der Waals surface area contributed by atoms with Gasteiger partial charge in [0.15, 0.2) is 0 Å². The van der Waals surface area contributed by atoms with E-state index in [-0.39, 0.29) is 18.0 Å². The molecule has 1 aromatic carbocycles. The summed E-state index contributed by atoms with van der Waals surface area (Å²) in [5, 5.41) is 2.12. The Balaban J connectivity index is 1.91. The van der Waals surface area contributed by atoms with E-state index < -0.39 is 35.5 Å². The normalized spacial score (nSPS) is 21.3. The Hall–Kier alpha value is -2.38. The van der Waals surface area contributed by atoms with E-state index in [9.17, 15) is 27.6 Å². The first kappa shape index (κ1) is 15.5. The number of carbonyl (C=O) groups excluding carboxylic acids is 3. The molecule has 8 heteroatoms. The molecule has 1 aliphatic heterocycles. The van der Waals surface area contributed by atoms with E-state index in [0.29, 0.717) is 12.8 Å². The van der Waals surface area contributed by atoms with E-state index in [1.807, 2.05) is 0 Å². The summed E-state index contributed by atoms with van der Waals surface area (Å²) in [4.78, 5) is 37.0. The van der Waals surface area contributed by atoms with Crippen LogP contribution >= 0.6 is 0 Å². The van der Waals surface area contributed by atoms with Gasteiger partial charge in [0, 0.05) is 11.6 Å². The number of halogens is 3. The highest BCUT2D eigenvalue weighted by molar-refractivity contribution is 6.08. The number of carbonyl (C=O) groups is 3. The average molecular weight is 326 g/mol. The number of hydrogen-bond donors (Lipinski definition) is 1. The highest BCUT2D eigenvalue weighted by Gasteiger charge is 2.45. The fraction of sp³-hybridized carbons (Fsp3) is 0.400. The lowest BCUT2D eigenvalue weighted by Gasteiger charge is -2.27. The molecule has 0 unspecified atom stereocenters. The third-order valence-electron chi connectivity index (χ3n) is 3.89. The molecule has 2 fully saturated rings. The minimum absolute atomic E-state index is 0.140. The molecule has 1 aromatic rings. The van der Waals surface area contributed by atoms with Gasteiger partial charge in [-0.3, -0.25) is 19.7 Å². The number of nitrogens with one attached hydrogen (secondary N) is 1. The summed E-state index contributed by atoms with van der Waals surface area (Å²) in [6.07, 6.45) is -3.37. The summed E-state index contributed by atoms with van der Waals surface area (Å²) < 4.78 is 38.4. The van der Waals surface area contributed by atoms with E-state index in [1.54, 1.807) is 0 Å². The van der Waals surface area contributed by atoms with Crippen molar-refractivity contribution in [3.05, 3.63) is 35.4 Å². The summed E-state index contributed by atoms with van der Waals surface area (Å²) in [5.41, 5.74) is -1.06. The van der Waals surface area contributed by atoms with Crippen molar-refractivity contribution in [3.8, 4) is 0 Å². The van der Waals surface area contributed by atoms with Gasteiger partial charge in [0.2, 0.25) is 11.8 Å². The van der Waals surface area contributed by atoms with E-state index in [1.165, 1.54) is 11.0 Å². The maximum Gasteiger partial charge on any atom is 0.416 e. The molecule has 1 N–H and O–H groups in total. The van der Waals surface area contributed by atoms with Gasteiger partial charge in [0.1, 0.15) is 6.04 Å². The molecule has 0 radical (unpaired) electrons. The van der Waals surface area contributed by atoms with Crippen LogP contribution in [0.1, 0.15) is 35.2 Å². The van der Waals surface area contributed by atoms with Gasteiger partial charge in [-0.15, -0.1) is 0 Å². The molecule has 1 aliphatic carbocycles. The molecule has 1 heterocycles. The molecule has 0 spiro atoms. The minimum Gasteiger partial charge on any atom is -0.323 e. The molecule has 23 heavy (non-hydrogen) atoms. The van der Waals surface area contributed by atoms with Crippen molar-refractivity contribution < 1.29 is 27.6 Å². The van der Waals surface area contributed by atoms with Crippen LogP contribution in [-0.2, 0) is 15.8 Å². The molecule has 1 atom stereocenters. The van der Waals surface area contributed by atoms with E-state index in [2.05, 4.69) is 5.32 Å². The second kappa shape index (κ2) is 5.36. The topological polar surface area (TPSA) is 66.5 Å². The highest BCUT2D eigenvalue weighted by atomic mass is 19.4. The standard InChI is InChI=1S/C15H13F3N2O3/c16-15(17,18)9-3-1-2-8(6-9)14(23)20(10-4-5-10)11-7-12(21)19-13(11)22/h1-3,6,10-11H,4-5,7H2,(H,19,21,22)/t11-/m0/s1. The number of alkyl halides is 3. The summed E-state index contributed by atoms with van der Waals surface area (Å²) in [7, 11) is 0. The Morgan fingerprint density at radius 2 is 1.91 bits per heavy atom. The maximum atomic E-state index is 12.8. The number of hydrogen-bond acceptors (Lipinski definition) is 3. The van der Waals surface area contributed by atoms with Crippen molar-refractivity contribution in [1.29, 1.82) is 0 Å². The van der Waals surface area contributed by atoms with Gasteiger partial charge in [-0.05, 0) is 31.0 Å². The van der Waals surface area contributed by atoms with Crippen molar-refractivity contribution in [3.63, 3.8) is 0 Å². The van der Waals surface area contributed by atoms with E-state index >= 15 is 0 Å². The van der Waals surface area contributed by atoms with Gasteiger partial charge in [-0.1, -0.05) is 6.07 Å². The molecule has 2 aliphatic rings. The SMILES string of the molecule is O=C1C[C@H](N(C(=O)c2cccc(C(F)(F)F)c2)C2CC2)C(=O)N1. The van der Waals surface area contributed by atoms with Crippen LogP contribution in [0.15, 0.2) is 24.3 Å². The van der Waals surface area contributed by atoms with Gasteiger partial charge in [0.05, 0.1) is 12.0 Å². The van der Waals surface area contributed by atoms with Gasteiger partial charge in [-0.25, -0.2) is 0 Å². The Kier molecular flexibility index (Phi) is 3.62. The molecule has 1 saturated heterocycles. The van der Waals surface area contributed by atoms with Gasteiger partial charge < -0.3 is 4.90 Å². The molecule has 122 valence electrons. The van der Waals surface area contributed by atoms with Crippen molar-refractivity contribution >= 4 is 17.7 Å². The Labute approximate surface area is 129 Å². The Bertz CT molecular complexity index is 683. The van der Waals surface area contributed by atoms with Crippen molar-refractivity contribution in [1.82, 2.24) is 10.2 Å². The van der Waals surface area contributed by atoms with E-state index in [0.717, 1.165) is 18.2 Å². The lowest BCUT2D eigenvalue weighted by molar-refractivity contribution is -0.137. The smallest absolute Gasteiger partial charge is 0.323 e. The lowest BCUT2D eigenvalue weighted by atomic mass is 10.1. The number of amides is 3. The molecule has 5 nitrogen and oxygen atoms in total. The molecule has 0 aromatic heterocycles. The molecular weight excluding hydrogens is 313 g/mol. The highest BCUT2D eigenvalue weighted by Crippen LogP contribution is 2.34. The summed E-state index contributed by atoms with van der Waals surface area (Å²) in [5.74, 6) is -1.72. The van der Waals surface area contributed by atoms with Crippen LogP contribution in [0.4, 0.5) is 13.2 Å². The van der Waals surface area contributed by atoms with Gasteiger partial charge >= 0.3 is 6.18 Å². The second-order valence-electron chi connectivity index (χ2n) is 5.65. The number of imide groups is 1. The molecule has 3 amide bonds.